The van der Waals surface area contributed by atoms with Crippen LogP contribution in [0.25, 0.3) is 0 Å². The zero-order valence-corrected chi connectivity index (χ0v) is 14.0. The van der Waals surface area contributed by atoms with E-state index in [4.69, 9.17) is 12.2 Å². The van der Waals surface area contributed by atoms with Gasteiger partial charge in [-0.15, -0.1) is 0 Å². The third-order valence-corrected chi connectivity index (χ3v) is 3.51. The fraction of sp³-hybridized carbons (Fsp3) is 0.118. The molecule has 0 spiro atoms. The van der Waals surface area contributed by atoms with Crippen LogP contribution in [0.3, 0.4) is 0 Å². The minimum Gasteiger partial charge on any atom is -0.332 e. The number of carbonyl (C=O) groups excluding carboxylic acids is 2. The summed E-state index contributed by atoms with van der Waals surface area (Å²) in [5.41, 5.74) is 1.18. The van der Waals surface area contributed by atoms with Crippen LogP contribution in [-0.4, -0.2) is 24.0 Å². The number of benzene rings is 2. The lowest BCUT2D eigenvalue weighted by Gasteiger charge is -2.16. The number of rotatable bonds is 3. The summed E-state index contributed by atoms with van der Waals surface area (Å²) in [4.78, 5) is 24.9. The zero-order chi connectivity index (χ0) is 17.7. The molecule has 2 amide bonds. The molecule has 2 rings (SSSR count). The van der Waals surface area contributed by atoms with Gasteiger partial charge in [0.15, 0.2) is 5.11 Å². The van der Waals surface area contributed by atoms with Crippen LogP contribution < -0.4 is 15.5 Å². The van der Waals surface area contributed by atoms with Crippen molar-refractivity contribution in [2.75, 3.05) is 17.3 Å². The Bertz CT molecular complexity index is 795. The van der Waals surface area contributed by atoms with E-state index in [1.165, 1.54) is 30.0 Å². The van der Waals surface area contributed by atoms with E-state index in [0.29, 0.717) is 11.4 Å². The van der Waals surface area contributed by atoms with E-state index >= 15 is 0 Å². The van der Waals surface area contributed by atoms with Gasteiger partial charge < -0.3 is 10.2 Å². The first-order valence-corrected chi connectivity index (χ1v) is 7.50. The van der Waals surface area contributed by atoms with Crippen molar-refractivity contribution >= 4 is 40.5 Å². The molecule has 0 bridgehead atoms. The van der Waals surface area contributed by atoms with Gasteiger partial charge in [0.2, 0.25) is 5.91 Å². The summed E-state index contributed by atoms with van der Waals surface area (Å²) in [5.74, 6) is -1.37. The van der Waals surface area contributed by atoms with Crippen LogP contribution in [0.15, 0.2) is 48.5 Å². The highest BCUT2D eigenvalue weighted by atomic mass is 32.1. The lowest BCUT2D eigenvalue weighted by Crippen LogP contribution is -2.34. The fourth-order valence-corrected chi connectivity index (χ4v) is 2.16. The van der Waals surface area contributed by atoms with E-state index in [0.717, 1.165) is 0 Å². The standard InChI is InChI=1S/C17H16FN3O2S/c1-11(22)21(2)13-7-5-6-12(10-13)19-17(24)20-16(23)14-8-3-4-9-15(14)18/h3-10H,1-2H3,(H2,19,20,23,24). The Morgan fingerprint density at radius 1 is 1.12 bits per heavy atom. The topological polar surface area (TPSA) is 61.4 Å². The minimum absolute atomic E-state index is 0.0332. The molecule has 0 aliphatic carbocycles. The number of thiocarbonyl (C=S) groups is 1. The van der Waals surface area contributed by atoms with Crippen molar-refractivity contribution in [3.63, 3.8) is 0 Å². The summed E-state index contributed by atoms with van der Waals surface area (Å²) in [6, 6.07) is 12.6. The van der Waals surface area contributed by atoms with Gasteiger partial charge in [0.05, 0.1) is 5.56 Å². The largest absolute Gasteiger partial charge is 0.332 e. The molecular formula is C17H16FN3O2S. The highest BCUT2D eigenvalue weighted by molar-refractivity contribution is 7.80. The summed E-state index contributed by atoms with van der Waals surface area (Å²) >= 11 is 5.07. The first-order chi connectivity index (χ1) is 11.4. The molecule has 2 aromatic rings. The van der Waals surface area contributed by atoms with Gasteiger partial charge in [0, 0.05) is 25.3 Å². The molecule has 0 saturated carbocycles. The molecule has 7 heteroatoms. The average Bonchev–Trinajstić information content (AvgIpc) is 2.54. The third kappa shape index (κ3) is 4.36. The molecule has 124 valence electrons. The molecule has 0 aliphatic rings. The fourth-order valence-electron chi connectivity index (χ4n) is 1.95. The molecule has 0 fully saturated rings. The van der Waals surface area contributed by atoms with Gasteiger partial charge >= 0.3 is 0 Å². The van der Waals surface area contributed by atoms with Crippen LogP contribution in [0.2, 0.25) is 0 Å². The van der Waals surface area contributed by atoms with Crippen molar-refractivity contribution in [1.82, 2.24) is 5.32 Å². The second-order valence-electron chi connectivity index (χ2n) is 5.02. The molecule has 2 aromatic carbocycles. The molecule has 24 heavy (non-hydrogen) atoms. The second kappa shape index (κ2) is 7.65. The summed E-state index contributed by atoms with van der Waals surface area (Å²) in [6.07, 6.45) is 0. The van der Waals surface area contributed by atoms with Crippen LogP contribution in [0, 0.1) is 5.82 Å². The number of nitrogens with zero attached hydrogens (tertiary/aromatic N) is 1. The molecule has 0 unspecified atom stereocenters. The van der Waals surface area contributed by atoms with Gasteiger partial charge in [0.25, 0.3) is 5.91 Å². The number of nitrogens with one attached hydrogen (secondary N) is 2. The van der Waals surface area contributed by atoms with Crippen LogP contribution in [-0.2, 0) is 4.79 Å². The third-order valence-electron chi connectivity index (χ3n) is 3.31. The maximum atomic E-state index is 13.6. The highest BCUT2D eigenvalue weighted by Crippen LogP contribution is 2.18. The van der Waals surface area contributed by atoms with Crippen molar-refractivity contribution < 1.29 is 14.0 Å². The van der Waals surface area contributed by atoms with Gasteiger partial charge in [-0.05, 0) is 42.5 Å². The molecule has 0 radical (unpaired) electrons. The second-order valence-corrected chi connectivity index (χ2v) is 5.42. The maximum absolute atomic E-state index is 13.6. The number of anilines is 2. The van der Waals surface area contributed by atoms with E-state index in [-0.39, 0.29) is 16.6 Å². The van der Waals surface area contributed by atoms with Gasteiger partial charge in [-0.1, -0.05) is 18.2 Å². The normalized spacial score (nSPS) is 9.96. The van der Waals surface area contributed by atoms with Crippen molar-refractivity contribution in [3.8, 4) is 0 Å². The van der Waals surface area contributed by atoms with Gasteiger partial charge in [-0.25, -0.2) is 4.39 Å². The molecular weight excluding hydrogens is 329 g/mol. The predicted octanol–water partition coefficient (Wildman–Crippen LogP) is 2.94. The Kier molecular flexibility index (Phi) is 5.59. The van der Waals surface area contributed by atoms with Crippen LogP contribution >= 0.6 is 12.2 Å². The SMILES string of the molecule is CC(=O)N(C)c1cccc(NC(=S)NC(=O)c2ccccc2F)c1. The quantitative estimate of drug-likeness (QED) is 0.840. The smallest absolute Gasteiger partial charge is 0.260 e. The molecule has 0 saturated heterocycles. The van der Waals surface area contributed by atoms with E-state index in [1.54, 1.807) is 37.4 Å². The number of amides is 2. The van der Waals surface area contributed by atoms with Crippen molar-refractivity contribution in [2.24, 2.45) is 0 Å². The summed E-state index contributed by atoms with van der Waals surface area (Å²) < 4.78 is 13.6. The highest BCUT2D eigenvalue weighted by Gasteiger charge is 2.12. The first-order valence-electron chi connectivity index (χ1n) is 7.09. The zero-order valence-electron chi connectivity index (χ0n) is 13.2. The van der Waals surface area contributed by atoms with Crippen LogP contribution in [0.5, 0.6) is 0 Å². The van der Waals surface area contributed by atoms with Crippen molar-refractivity contribution in [1.29, 1.82) is 0 Å². The van der Waals surface area contributed by atoms with Crippen LogP contribution in [0.1, 0.15) is 17.3 Å². The monoisotopic (exact) mass is 345 g/mol. The van der Waals surface area contributed by atoms with E-state index < -0.39 is 11.7 Å². The first kappa shape index (κ1) is 17.6. The molecule has 0 aliphatic heterocycles. The summed E-state index contributed by atoms with van der Waals surface area (Å²) in [6.45, 7) is 1.46. The average molecular weight is 345 g/mol. The number of halogens is 1. The van der Waals surface area contributed by atoms with Crippen molar-refractivity contribution in [2.45, 2.75) is 6.92 Å². The Labute approximate surface area is 144 Å². The Morgan fingerprint density at radius 3 is 2.50 bits per heavy atom. The van der Waals surface area contributed by atoms with Gasteiger partial charge in [0.1, 0.15) is 5.82 Å². The number of hydrogen-bond donors (Lipinski definition) is 2. The van der Waals surface area contributed by atoms with Gasteiger partial charge in [-0.2, -0.15) is 0 Å². The van der Waals surface area contributed by atoms with Crippen molar-refractivity contribution in [3.05, 3.63) is 59.9 Å². The molecule has 0 heterocycles. The van der Waals surface area contributed by atoms with Crippen LogP contribution in [0.4, 0.5) is 15.8 Å². The summed E-state index contributed by atoms with van der Waals surface area (Å²) in [7, 11) is 1.65. The van der Waals surface area contributed by atoms with Gasteiger partial charge in [-0.3, -0.25) is 14.9 Å². The minimum atomic E-state index is -0.636. The Morgan fingerprint density at radius 2 is 1.83 bits per heavy atom. The molecule has 0 atom stereocenters. The number of hydrogen-bond acceptors (Lipinski definition) is 3. The molecule has 0 aromatic heterocycles. The molecule has 5 nitrogen and oxygen atoms in total. The molecule has 2 N–H and O–H groups in total. The Balaban J connectivity index is 2.05. The lowest BCUT2D eigenvalue weighted by atomic mass is 10.2. The van der Waals surface area contributed by atoms with E-state index in [1.807, 2.05) is 0 Å². The predicted molar refractivity (Wildman–Crippen MR) is 95.6 cm³/mol. The number of carbonyl (C=O) groups is 2. The maximum Gasteiger partial charge on any atom is 0.260 e. The Hall–Kier alpha value is -2.80. The van der Waals surface area contributed by atoms with E-state index in [9.17, 15) is 14.0 Å². The van der Waals surface area contributed by atoms with E-state index in [2.05, 4.69) is 10.6 Å². The lowest BCUT2D eigenvalue weighted by molar-refractivity contribution is -0.116. The summed E-state index contributed by atoms with van der Waals surface area (Å²) in [5, 5.41) is 5.29.